The van der Waals surface area contributed by atoms with Crippen LogP contribution in [0.2, 0.25) is 0 Å². The number of benzene rings is 1. The first-order valence-corrected chi connectivity index (χ1v) is 6.92. The van der Waals surface area contributed by atoms with E-state index in [1.54, 1.807) is 17.0 Å². The van der Waals surface area contributed by atoms with Gasteiger partial charge in [0.25, 0.3) is 5.91 Å². The normalized spacial score (nSPS) is 22.6. The Balaban J connectivity index is 2.15. The summed E-state index contributed by atoms with van der Waals surface area (Å²) in [5.74, 6) is -0.612. The smallest absolute Gasteiger partial charge is 0.254 e. The number of hydrogen-bond donors (Lipinski definition) is 2. The molecule has 2 atom stereocenters. The molecule has 0 spiro atoms. The highest BCUT2D eigenvalue weighted by Crippen LogP contribution is 2.23. The van der Waals surface area contributed by atoms with Crippen molar-refractivity contribution < 1.29 is 9.59 Å². The van der Waals surface area contributed by atoms with E-state index in [0.29, 0.717) is 18.7 Å². The molecule has 108 valence electrons. The van der Waals surface area contributed by atoms with Gasteiger partial charge in [-0.15, -0.1) is 0 Å². The molecule has 0 aromatic heterocycles. The Morgan fingerprint density at radius 3 is 2.45 bits per heavy atom. The number of nitrogens with two attached hydrogens (primary N) is 2. The molecule has 0 aliphatic carbocycles. The molecule has 5 nitrogen and oxygen atoms in total. The van der Waals surface area contributed by atoms with Crippen LogP contribution >= 0.6 is 0 Å². The summed E-state index contributed by atoms with van der Waals surface area (Å²) in [5, 5.41) is 0. The monoisotopic (exact) mass is 275 g/mol. The molecule has 2 amide bonds. The summed E-state index contributed by atoms with van der Waals surface area (Å²) >= 11 is 0. The van der Waals surface area contributed by atoms with Crippen LogP contribution in [0.5, 0.6) is 0 Å². The highest BCUT2D eigenvalue weighted by Gasteiger charge is 2.31. The van der Waals surface area contributed by atoms with Crippen molar-refractivity contribution in [1.82, 2.24) is 4.90 Å². The van der Waals surface area contributed by atoms with E-state index < -0.39 is 0 Å². The fourth-order valence-corrected chi connectivity index (χ4v) is 2.57. The second-order valence-electron chi connectivity index (χ2n) is 5.38. The zero-order valence-electron chi connectivity index (χ0n) is 11.7. The molecule has 2 rings (SSSR count). The molecule has 1 heterocycles. The van der Waals surface area contributed by atoms with Crippen LogP contribution in [0, 0.1) is 5.92 Å². The van der Waals surface area contributed by atoms with Gasteiger partial charge in [-0.25, -0.2) is 0 Å². The second-order valence-corrected chi connectivity index (χ2v) is 5.38. The van der Waals surface area contributed by atoms with E-state index in [-0.39, 0.29) is 23.8 Å². The number of nitrogens with zero attached hydrogens (tertiary/aromatic N) is 1. The standard InChI is InChI=1S/C15H21N3O2/c1-10-2-5-13(14(17)19)9-18(10)15(20)12-6-3-11(8-16)4-7-12/h3-4,6-7,10,13H,2,5,8-9,16H2,1H3,(H2,17,19)/t10-,13-/m1/s1. The Bertz CT molecular complexity index is 498. The minimum atomic E-state index is -0.326. The lowest BCUT2D eigenvalue weighted by Crippen LogP contribution is -2.48. The van der Waals surface area contributed by atoms with Crippen molar-refractivity contribution in [3.8, 4) is 0 Å². The predicted molar refractivity (Wildman–Crippen MR) is 76.8 cm³/mol. The van der Waals surface area contributed by atoms with Crippen molar-refractivity contribution in [2.75, 3.05) is 6.54 Å². The summed E-state index contributed by atoms with van der Waals surface area (Å²) in [4.78, 5) is 25.6. The van der Waals surface area contributed by atoms with Gasteiger partial charge in [0.2, 0.25) is 5.91 Å². The molecule has 5 heteroatoms. The lowest BCUT2D eigenvalue weighted by molar-refractivity contribution is -0.123. The maximum absolute atomic E-state index is 12.5. The van der Waals surface area contributed by atoms with Gasteiger partial charge in [-0.2, -0.15) is 0 Å². The first-order chi connectivity index (χ1) is 9.52. The molecule has 1 aliphatic rings. The Kier molecular flexibility index (Phi) is 4.39. The van der Waals surface area contributed by atoms with Crippen molar-refractivity contribution >= 4 is 11.8 Å². The van der Waals surface area contributed by atoms with Crippen LogP contribution < -0.4 is 11.5 Å². The zero-order valence-corrected chi connectivity index (χ0v) is 11.7. The van der Waals surface area contributed by atoms with Crippen LogP contribution in [0.3, 0.4) is 0 Å². The Morgan fingerprint density at radius 1 is 1.25 bits per heavy atom. The summed E-state index contributed by atoms with van der Waals surface area (Å²) in [7, 11) is 0. The molecule has 0 saturated carbocycles. The fourth-order valence-electron chi connectivity index (χ4n) is 2.57. The van der Waals surface area contributed by atoms with E-state index in [2.05, 4.69) is 0 Å². The Morgan fingerprint density at radius 2 is 1.90 bits per heavy atom. The van der Waals surface area contributed by atoms with Gasteiger partial charge in [-0.3, -0.25) is 9.59 Å². The van der Waals surface area contributed by atoms with Crippen LogP contribution in [-0.4, -0.2) is 29.3 Å². The molecule has 1 aromatic rings. The summed E-state index contributed by atoms with van der Waals surface area (Å²) in [6, 6.07) is 7.41. The second kappa shape index (κ2) is 6.05. The molecule has 1 fully saturated rings. The third-order valence-electron chi connectivity index (χ3n) is 3.98. The van der Waals surface area contributed by atoms with Gasteiger partial charge in [0.05, 0.1) is 5.92 Å². The average Bonchev–Trinajstić information content (AvgIpc) is 2.47. The van der Waals surface area contributed by atoms with E-state index in [1.165, 1.54) is 0 Å². The molecular formula is C15H21N3O2. The lowest BCUT2D eigenvalue weighted by atomic mass is 9.92. The number of primary amides is 1. The van der Waals surface area contributed by atoms with Gasteiger partial charge in [-0.1, -0.05) is 12.1 Å². The molecule has 4 N–H and O–H groups in total. The first-order valence-electron chi connectivity index (χ1n) is 6.92. The van der Waals surface area contributed by atoms with Gasteiger partial charge in [0.15, 0.2) is 0 Å². The fraction of sp³-hybridized carbons (Fsp3) is 0.467. The van der Waals surface area contributed by atoms with Crippen LogP contribution in [-0.2, 0) is 11.3 Å². The molecular weight excluding hydrogens is 254 g/mol. The molecule has 1 aliphatic heterocycles. The maximum atomic E-state index is 12.5. The molecule has 0 bridgehead atoms. The van der Waals surface area contributed by atoms with Crippen LogP contribution in [0.25, 0.3) is 0 Å². The molecule has 0 unspecified atom stereocenters. The lowest BCUT2D eigenvalue weighted by Gasteiger charge is -2.37. The van der Waals surface area contributed by atoms with Crippen molar-refractivity contribution in [3.05, 3.63) is 35.4 Å². The van der Waals surface area contributed by atoms with Gasteiger partial charge in [0.1, 0.15) is 0 Å². The van der Waals surface area contributed by atoms with E-state index >= 15 is 0 Å². The van der Waals surface area contributed by atoms with Gasteiger partial charge >= 0.3 is 0 Å². The minimum absolute atomic E-state index is 0.0491. The van der Waals surface area contributed by atoms with Crippen LogP contribution in [0.4, 0.5) is 0 Å². The summed E-state index contributed by atoms with van der Waals surface area (Å²) in [6.07, 6.45) is 1.56. The van der Waals surface area contributed by atoms with E-state index in [1.807, 2.05) is 19.1 Å². The van der Waals surface area contributed by atoms with Gasteiger partial charge < -0.3 is 16.4 Å². The number of carbonyl (C=O) groups excluding carboxylic acids is 2. The topological polar surface area (TPSA) is 89.4 Å². The molecule has 0 radical (unpaired) electrons. The van der Waals surface area contributed by atoms with Crippen molar-refractivity contribution in [2.45, 2.75) is 32.4 Å². The number of rotatable bonds is 3. The summed E-state index contributed by atoms with van der Waals surface area (Å²) in [6.45, 7) is 2.87. The SMILES string of the molecule is C[C@@H]1CC[C@@H](C(N)=O)CN1C(=O)c1ccc(CN)cc1. The maximum Gasteiger partial charge on any atom is 0.254 e. The zero-order chi connectivity index (χ0) is 14.7. The van der Waals surface area contributed by atoms with E-state index in [4.69, 9.17) is 11.5 Å². The van der Waals surface area contributed by atoms with Gasteiger partial charge in [0, 0.05) is 24.7 Å². The van der Waals surface area contributed by atoms with Crippen molar-refractivity contribution in [2.24, 2.45) is 17.4 Å². The summed E-state index contributed by atoms with van der Waals surface area (Å²) in [5.41, 5.74) is 12.5. The van der Waals surface area contributed by atoms with E-state index in [0.717, 1.165) is 18.4 Å². The van der Waals surface area contributed by atoms with Crippen molar-refractivity contribution in [1.29, 1.82) is 0 Å². The largest absolute Gasteiger partial charge is 0.369 e. The number of piperidine rings is 1. The summed E-state index contributed by atoms with van der Waals surface area (Å²) < 4.78 is 0. The van der Waals surface area contributed by atoms with Crippen molar-refractivity contribution in [3.63, 3.8) is 0 Å². The van der Waals surface area contributed by atoms with Crippen LogP contribution in [0.15, 0.2) is 24.3 Å². The Hall–Kier alpha value is -1.88. The quantitative estimate of drug-likeness (QED) is 0.857. The Labute approximate surface area is 118 Å². The highest BCUT2D eigenvalue weighted by molar-refractivity contribution is 5.95. The molecule has 1 saturated heterocycles. The predicted octanol–water partition coefficient (Wildman–Crippen LogP) is 0.871. The number of carbonyl (C=O) groups is 2. The number of likely N-dealkylation sites (tertiary alicyclic amines) is 1. The third-order valence-corrected chi connectivity index (χ3v) is 3.98. The highest BCUT2D eigenvalue weighted by atomic mass is 16.2. The number of hydrogen-bond acceptors (Lipinski definition) is 3. The number of amides is 2. The first kappa shape index (κ1) is 14.5. The molecule has 20 heavy (non-hydrogen) atoms. The average molecular weight is 275 g/mol. The van der Waals surface area contributed by atoms with Gasteiger partial charge in [-0.05, 0) is 37.5 Å². The molecule has 1 aromatic carbocycles. The third kappa shape index (κ3) is 2.99. The van der Waals surface area contributed by atoms with Crippen LogP contribution in [0.1, 0.15) is 35.7 Å². The minimum Gasteiger partial charge on any atom is -0.369 e. The van der Waals surface area contributed by atoms with E-state index in [9.17, 15) is 9.59 Å².